The highest BCUT2D eigenvalue weighted by molar-refractivity contribution is 5.95. The van der Waals surface area contributed by atoms with Crippen molar-refractivity contribution < 1.29 is 14.7 Å². The number of aromatic carboxylic acids is 1. The maximum Gasteiger partial charge on any atom is 0.335 e. The van der Waals surface area contributed by atoms with E-state index in [-0.39, 0.29) is 11.5 Å². The van der Waals surface area contributed by atoms with Crippen LogP contribution >= 0.6 is 0 Å². The molecule has 2 rings (SSSR count). The fourth-order valence-corrected chi connectivity index (χ4v) is 2.03. The molecule has 21 heavy (non-hydrogen) atoms. The van der Waals surface area contributed by atoms with E-state index < -0.39 is 5.97 Å². The summed E-state index contributed by atoms with van der Waals surface area (Å²) in [5.41, 5.74) is 2.40. The Morgan fingerprint density at radius 1 is 1.29 bits per heavy atom. The third-order valence-corrected chi connectivity index (χ3v) is 3.14. The highest BCUT2D eigenvalue weighted by Crippen LogP contribution is 2.08. The molecular weight excluding hydrogens is 270 g/mol. The Labute approximate surface area is 122 Å². The van der Waals surface area contributed by atoms with Crippen molar-refractivity contribution in [2.45, 2.75) is 19.9 Å². The smallest absolute Gasteiger partial charge is 0.335 e. The van der Waals surface area contributed by atoms with Gasteiger partial charge < -0.3 is 10.4 Å². The predicted octanol–water partition coefficient (Wildman–Crippen LogP) is 1.61. The van der Waals surface area contributed by atoms with Gasteiger partial charge in [-0.1, -0.05) is 19.1 Å². The number of rotatable bonds is 5. The number of carboxylic acid groups (broad SMARTS) is 1. The topological polar surface area (TPSA) is 84.2 Å². The monoisotopic (exact) mass is 287 g/mol. The van der Waals surface area contributed by atoms with E-state index in [0.29, 0.717) is 18.5 Å². The second-order valence-electron chi connectivity index (χ2n) is 4.70. The van der Waals surface area contributed by atoms with Crippen LogP contribution in [0.1, 0.15) is 38.9 Å². The summed E-state index contributed by atoms with van der Waals surface area (Å²) < 4.78 is 1.62. The Morgan fingerprint density at radius 2 is 1.95 bits per heavy atom. The van der Waals surface area contributed by atoms with Gasteiger partial charge in [0, 0.05) is 19.8 Å². The first kappa shape index (κ1) is 14.8. The molecule has 110 valence electrons. The van der Waals surface area contributed by atoms with Gasteiger partial charge in [-0.3, -0.25) is 9.48 Å². The van der Waals surface area contributed by atoms with Gasteiger partial charge in [-0.15, -0.1) is 0 Å². The summed E-state index contributed by atoms with van der Waals surface area (Å²) in [6.07, 6.45) is 2.39. The van der Waals surface area contributed by atoms with E-state index in [2.05, 4.69) is 10.4 Å². The fourth-order valence-electron chi connectivity index (χ4n) is 2.03. The van der Waals surface area contributed by atoms with Crippen LogP contribution in [0.5, 0.6) is 0 Å². The van der Waals surface area contributed by atoms with E-state index >= 15 is 0 Å². The third kappa shape index (κ3) is 3.47. The number of benzene rings is 1. The standard InChI is InChI=1S/C15H17N3O3/c1-3-13-12(9-18(2)17-13)14(19)16-8-10-4-6-11(7-5-10)15(20)21/h4-7,9H,3,8H2,1-2H3,(H,16,19)(H,20,21). The molecule has 6 heteroatoms. The van der Waals surface area contributed by atoms with Crippen molar-refractivity contribution >= 4 is 11.9 Å². The molecule has 0 radical (unpaired) electrons. The van der Waals surface area contributed by atoms with E-state index in [1.165, 1.54) is 12.1 Å². The first-order valence-electron chi connectivity index (χ1n) is 6.64. The van der Waals surface area contributed by atoms with Crippen LogP contribution in [0.4, 0.5) is 0 Å². The number of hydrogen-bond acceptors (Lipinski definition) is 3. The lowest BCUT2D eigenvalue weighted by molar-refractivity contribution is 0.0696. The molecular formula is C15H17N3O3. The van der Waals surface area contributed by atoms with Gasteiger partial charge in [-0.25, -0.2) is 4.79 Å². The molecule has 1 amide bonds. The lowest BCUT2D eigenvalue weighted by atomic mass is 10.1. The lowest BCUT2D eigenvalue weighted by Crippen LogP contribution is -2.23. The average molecular weight is 287 g/mol. The summed E-state index contributed by atoms with van der Waals surface area (Å²) in [6.45, 7) is 2.29. The molecule has 0 aliphatic carbocycles. The van der Waals surface area contributed by atoms with Crippen molar-refractivity contribution in [1.29, 1.82) is 0 Å². The zero-order valence-corrected chi connectivity index (χ0v) is 12.0. The van der Waals surface area contributed by atoms with Crippen molar-refractivity contribution in [2.24, 2.45) is 7.05 Å². The van der Waals surface area contributed by atoms with E-state index in [1.807, 2.05) is 6.92 Å². The number of carboxylic acids is 1. The van der Waals surface area contributed by atoms with Crippen LogP contribution in [-0.4, -0.2) is 26.8 Å². The molecule has 0 atom stereocenters. The molecule has 1 aromatic heterocycles. The molecule has 2 aromatic rings. The number of nitrogens with one attached hydrogen (secondary N) is 1. The fraction of sp³-hybridized carbons (Fsp3) is 0.267. The van der Waals surface area contributed by atoms with Gasteiger partial charge in [0.05, 0.1) is 16.8 Å². The van der Waals surface area contributed by atoms with Crippen molar-refractivity contribution in [1.82, 2.24) is 15.1 Å². The van der Waals surface area contributed by atoms with Gasteiger partial charge in [0.1, 0.15) is 0 Å². The molecule has 0 spiro atoms. The zero-order valence-electron chi connectivity index (χ0n) is 12.0. The van der Waals surface area contributed by atoms with Crippen molar-refractivity contribution in [3.63, 3.8) is 0 Å². The molecule has 0 saturated carbocycles. The molecule has 0 aliphatic rings. The molecule has 0 aliphatic heterocycles. The van der Waals surface area contributed by atoms with Gasteiger partial charge in [0.2, 0.25) is 0 Å². The van der Waals surface area contributed by atoms with Crippen molar-refractivity contribution in [3.05, 3.63) is 52.8 Å². The Morgan fingerprint density at radius 3 is 2.52 bits per heavy atom. The second kappa shape index (κ2) is 6.21. The summed E-state index contributed by atoms with van der Waals surface area (Å²) in [7, 11) is 1.78. The molecule has 2 N–H and O–H groups in total. The van der Waals surface area contributed by atoms with Gasteiger partial charge in [0.25, 0.3) is 5.91 Å². The van der Waals surface area contributed by atoms with Crippen LogP contribution in [0.3, 0.4) is 0 Å². The molecule has 0 unspecified atom stereocenters. The highest BCUT2D eigenvalue weighted by atomic mass is 16.4. The Kier molecular flexibility index (Phi) is 4.37. The van der Waals surface area contributed by atoms with Crippen LogP contribution in [0, 0.1) is 0 Å². The Balaban J connectivity index is 2.02. The quantitative estimate of drug-likeness (QED) is 0.875. The molecule has 0 fully saturated rings. The second-order valence-corrected chi connectivity index (χ2v) is 4.70. The van der Waals surface area contributed by atoms with Crippen LogP contribution in [0.15, 0.2) is 30.5 Å². The van der Waals surface area contributed by atoms with Gasteiger partial charge in [0.15, 0.2) is 0 Å². The summed E-state index contributed by atoms with van der Waals surface area (Å²) in [6, 6.07) is 6.41. The van der Waals surface area contributed by atoms with Crippen LogP contribution in [-0.2, 0) is 20.0 Å². The van der Waals surface area contributed by atoms with Crippen molar-refractivity contribution in [2.75, 3.05) is 0 Å². The average Bonchev–Trinajstić information content (AvgIpc) is 2.86. The minimum atomic E-state index is -0.964. The number of carbonyl (C=O) groups excluding carboxylic acids is 1. The molecule has 0 saturated heterocycles. The molecule has 1 heterocycles. The van der Waals surface area contributed by atoms with Crippen LogP contribution in [0.25, 0.3) is 0 Å². The van der Waals surface area contributed by atoms with Crippen LogP contribution < -0.4 is 5.32 Å². The lowest BCUT2D eigenvalue weighted by Gasteiger charge is -2.05. The van der Waals surface area contributed by atoms with E-state index in [4.69, 9.17) is 5.11 Å². The number of aryl methyl sites for hydroxylation is 2. The largest absolute Gasteiger partial charge is 0.478 e. The normalized spacial score (nSPS) is 10.4. The van der Waals surface area contributed by atoms with Gasteiger partial charge >= 0.3 is 5.97 Å². The number of hydrogen-bond donors (Lipinski definition) is 2. The number of carbonyl (C=O) groups is 2. The van der Waals surface area contributed by atoms with E-state index in [1.54, 1.807) is 30.1 Å². The minimum absolute atomic E-state index is 0.178. The van der Waals surface area contributed by atoms with Gasteiger partial charge in [-0.2, -0.15) is 5.10 Å². The maximum atomic E-state index is 12.1. The number of nitrogens with zero attached hydrogens (tertiary/aromatic N) is 2. The van der Waals surface area contributed by atoms with E-state index in [9.17, 15) is 9.59 Å². The SMILES string of the molecule is CCc1nn(C)cc1C(=O)NCc1ccc(C(=O)O)cc1. The van der Waals surface area contributed by atoms with E-state index in [0.717, 1.165) is 11.3 Å². The molecule has 0 bridgehead atoms. The Bertz CT molecular complexity index is 659. The predicted molar refractivity (Wildman–Crippen MR) is 77.2 cm³/mol. The minimum Gasteiger partial charge on any atom is -0.478 e. The van der Waals surface area contributed by atoms with Gasteiger partial charge in [-0.05, 0) is 24.1 Å². The summed E-state index contributed by atoms with van der Waals surface area (Å²) in [5, 5.41) is 15.9. The first-order chi connectivity index (χ1) is 10.0. The third-order valence-electron chi connectivity index (χ3n) is 3.14. The zero-order chi connectivity index (χ0) is 15.4. The summed E-state index contributed by atoms with van der Waals surface area (Å²) in [5.74, 6) is -1.14. The highest BCUT2D eigenvalue weighted by Gasteiger charge is 2.13. The summed E-state index contributed by atoms with van der Waals surface area (Å²) in [4.78, 5) is 22.9. The Hall–Kier alpha value is -2.63. The molecule has 6 nitrogen and oxygen atoms in total. The maximum absolute atomic E-state index is 12.1. The number of amides is 1. The summed E-state index contributed by atoms with van der Waals surface area (Å²) >= 11 is 0. The molecule has 1 aromatic carbocycles. The first-order valence-corrected chi connectivity index (χ1v) is 6.64. The number of aromatic nitrogens is 2. The van der Waals surface area contributed by atoms with Crippen LogP contribution in [0.2, 0.25) is 0 Å². The van der Waals surface area contributed by atoms with Crippen molar-refractivity contribution in [3.8, 4) is 0 Å².